The molecule has 0 radical (unpaired) electrons. The second-order valence-electron chi connectivity index (χ2n) is 3.57. The van der Waals surface area contributed by atoms with Gasteiger partial charge in [0.2, 0.25) is 0 Å². The summed E-state index contributed by atoms with van der Waals surface area (Å²) >= 11 is 3.42. The van der Waals surface area contributed by atoms with E-state index in [4.69, 9.17) is 0 Å². The first-order chi connectivity index (χ1) is 7.66. The SMILES string of the molecule is Cn1ccc(C(=O)Cc2ccccc2Br)n1. The molecule has 0 atom stereocenters. The van der Waals surface area contributed by atoms with Crippen LogP contribution in [0.15, 0.2) is 41.0 Å². The predicted octanol–water partition coefficient (Wildman–Crippen LogP) is 2.61. The van der Waals surface area contributed by atoms with E-state index in [1.54, 1.807) is 24.0 Å². The zero-order valence-corrected chi connectivity index (χ0v) is 10.4. The lowest BCUT2D eigenvalue weighted by Crippen LogP contribution is -2.05. The molecule has 0 spiro atoms. The van der Waals surface area contributed by atoms with Crippen LogP contribution < -0.4 is 0 Å². The molecule has 0 N–H and O–H groups in total. The lowest BCUT2D eigenvalue weighted by Gasteiger charge is -2.01. The predicted molar refractivity (Wildman–Crippen MR) is 65.4 cm³/mol. The van der Waals surface area contributed by atoms with Crippen LogP contribution in [0.5, 0.6) is 0 Å². The zero-order valence-electron chi connectivity index (χ0n) is 8.85. The molecule has 16 heavy (non-hydrogen) atoms. The van der Waals surface area contributed by atoms with Gasteiger partial charge in [0.25, 0.3) is 0 Å². The first-order valence-corrected chi connectivity index (χ1v) is 5.72. The van der Waals surface area contributed by atoms with Crippen molar-refractivity contribution in [2.24, 2.45) is 7.05 Å². The molecule has 2 rings (SSSR count). The summed E-state index contributed by atoms with van der Waals surface area (Å²) in [4.78, 5) is 11.9. The van der Waals surface area contributed by atoms with Crippen molar-refractivity contribution < 1.29 is 4.79 Å². The zero-order chi connectivity index (χ0) is 11.5. The molecular weight excluding hydrogens is 268 g/mol. The summed E-state index contributed by atoms with van der Waals surface area (Å²) in [6.07, 6.45) is 2.14. The lowest BCUT2D eigenvalue weighted by molar-refractivity contribution is 0.0987. The Bertz CT molecular complexity index is 519. The van der Waals surface area contributed by atoms with Gasteiger partial charge in [0.05, 0.1) is 0 Å². The van der Waals surface area contributed by atoms with E-state index in [0.717, 1.165) is 10.0 Å². The monoisotopic (exact) mass is 278 g/mol. The fraction of sp³-hybridized carbons (Fsp3) is 0.167. The van der Waals surface area contributed by atoms with Gasteiger partial charge in [0, 0.05) is 24.1 Å². The molecule has 1 aromatic carbocycles. The summed E-state index contributed by atoms with van der Waals surface area (Å²) in [6.45, 7) is 0. The van der Waals surface area contributed by atoms with E-state index in [0.29, 0.717) is 12.1 Å². The highest BCUT2D eigenvalue weighted by Crippen LogP contribution is 2.17. The molecular formula is C12H11BrN2O. The fourth-order valence-corrected chi connectivity index (χ4v) is 1.89. The van der Waals surface area contributed by atoms with Gasteiger partial charge in [-0.2, -0.15) is 5.10 Å². The van der Waals surface area contributed by atoms with Crippen molar-refractivity contribution in [3.05, 3.63) is 52.3 Å². The molecule has 0 bridgehead atoms. The van der Waals surface area contributed by atoms with E-state index in [9.17, 15) is 4.79 Å². The van der Waals surface area contributed by atoms with Crippen LogP contribution >= 0.6 is 15.9 Å². The van der Waals surface area contributed by atoms with Crippen LogP contribution in [0.4, 0.5) is 0 Å². The average Bonchev–Trinajstić information content (AvgIpc) is 2.68. The van der Waals surface area contributed by atoms with E-state index in [1.807, 2.05) is 24.3 Å². The van der Waals surface area contributed by atoms with Gasteiger partial charge >= 0.3 is 0 Å². The maximum Gasteiger partial charge on any atom is 0.187 e. The third-order valence-electron chi connectivity index (χ3n) is 2.31. The second kappa shape index (κ2) is 4.61. The van der Waals surface area contributed by atoms with Crippen LogP contribution in [0.3, 0.4) is 0 Å². The van der Waals surface area contributed by atoms with E-state index < -0.39 is 0 Å². The van der Waals surface area contributed by atoms with Gasteiger partial charge in [0.1, 0.15) is 5.69 Å². The number of benzene rings is 1. The Morgan fingerprint density at radius 2 is 2.12 bits per heavy atom. The molecule has 1 aromatic heterocycles. The van der Waals surface area contributed by atoms with Crippen LogP contribution in [0.2, 0.25) is 0 Å². The third-order valence-corrected chi connectivity index (χ3v) is 3.08. The van der Waals surface area contributed by atoms with Gasteiger partial charge in [-0.05, 0) is 17.7 Å². The number of ketones is 1. The Morgan fingerprint density at radius 3 is 2.75 bits per heavy atom. The Balaban J connectivity index is 2.17. The van der Waals surface area contributed by atoms with Crippen molar-refractivity contribution in [1.29, 1.82) is 0 Å². The summed E-state index contributed by atoms with van der Waals surface area (Å²) in [6, 6.07) is 9.45. The molecule has 0 saturated carbocycles. The summed E-state index contributed by atoms with van der Waals surface area (Å²) in [7, 11) is 1.80. The van der Waals surface area contributed by atoms with E-state index >= 15 is 0 Å². The van der Waals surface area contributed by atoms with Crippen LogP contribution in [0, 0.1) is 0 Å². The molecule has 82 valence electrons. The lowest BCUT2D eigenvalue weighted by atomic mass is 10.1. The molecule has 0 fully saturated rings. The Morgan fingerprint density at radius 1 is 1.38 bits per heavy atom. The normalized spacial score (nSPS) is 10.4. The molecule has 0 saturated heterocycles. The van der Waals surface area contributed by atoms with Crippen LogP contribution in [0.1, 0.15) is 16.1 Å². The van der Waals surface area contributed by atoms with Crippen LogP contribution in [-0.4, -0.2) is 15.6 Å². The molecule has 3 nitrogen and oxygen atoms in total. The Kier molecular flexibility index (Phi) is 3.19. The summed E-state index contributed by atoms with van der Waals surface area (Å²) in [5.74, 6) is 0.0347. The number of halogens is 1. The van der Waals surface area contributed by atoms with Gasteiger partial charge < -0.3 is 0 Å². The minimum atomic E-state index is 0.0347. The molecule has 1 heterocycles. The highest BCUT2D eigenvalue weighted by molar-refractivity contribution is 9.10. The molecule has 0 aliphatic heterocycles. The average molecular weight is 279 g/mol. The first kappa shape index (κ1) is 11.1. The molecule has 0 unspecified atom stereocenters. The van der Waals surface area contributed by atoms with Crippen molar-refractivity contribution in [1.82, 2.24) is 9.78 Å². The minimum Gasteiger partial charge on any atom is -0.292 e. The number of hydrogen-bond acceptors (Lipinski definition) is 2. The van der Waals surface area contributed by atoms with Crippen LogP contribution in [-0.2, 0) is 13.5 Å². The Hall–Kier alpha value is -1.42. The van der Waals surface area contributed by atoms with Crippen molar-refractivity contribution in [3.8, 4) is 0 Å². The summed E-state index contributed by atoms with van der Waals surface area (Å²) < 4.78 is 2.59. The maximum absolute atomic E-state index is 11.9. The fourth-order valence-electron chi connectivity index (χ4n) is 1.47. The molecule has 0 aliphatic carbocycles. The number of Topliss-reactive ketones (excluding diaryl/α,β-unsaturated/α-hetero) is 1. The van der Waals surface area contributed by atoms with E-state index in [1.165, 1.54) is 0 Å². The summed E-state index contributed by atoms with van der Waals surface area (Å²) in [5.41, 5.74) is 1.50. The van der Waals surface area contributed by atoms with Crippen molar-refractivity contribution >= 4 is 21.7 Å². The number of hydrogen-bond donors (Lipinski definition) is 0. The number of aromatic nitrogens is 2. The number of carbonyl (C=O) groups excluding carboxylic acids is 1. The highest BCUT2D eigenvalue weighted by atomic mass is 79.9. The van der Waals surface area contributed by atoms with Gasteiger partial charge in [-0.25, -0.2) is 0 Å². The van der Waals surface area contributed by atoms with Gasteiger partial charge in [-0.15, -0.1) is 0 Å². The smallest absolute Gasteiger partial charge is 0.187 e. The van der Waals surface area contributed by atoms with Gasteiger partial charge in [0.15, 0.2) is 5.78 Å². The number of carbonyl (C=O) groups is 1. The van der Waals surface area contributed by atoms with E-state index in [2.05, 4.69) is 21.0 Å². The molecule has 4 heteroatoms. The number of nitrogens with zero attached hydrogens (tertiary/aromatic N) is 2. The summed E-state index contributed by atoms with van der Waals surface area (Å²) in [5, 5.41) is 4.09. The van der Waals surface area contributed by atoms with Crippen molar-refractivity contribution in [2.45, 2.75) is 6.42 Å². The second-order valence-corrected chi connectivity index (χ2v) is 4.42. The van der Waals surface area contributed by atoms with E-state index in [-0.39, 0.29) is 5.78 Å². The van der Waals surface area contributed by atoms with Gasteiger partial charge in [-0.3, -0.25) is 9.48 Å². The van der Waals surface area contributed by atoms with Crippen LogP contribution in [0.25, 0.3) is 0 Å². The first-order valence-electron chi connectivity index (χ1n) is 4.93. The highest BCUT2D eigenvalue weighted by Gasteiger charge is 2.11. The standard InChI is InChI=1S/C12H11BrN2O/c1-15-7-6-11(14-15)12(16)8-9-4-2-3-5-10(9)13/h2-7H,8H2,1H3. The Labute approximate surface area is 102 Å². The quantitative estimate of drug-likeness (QED) is 0.809. The molecule has 0 amide bonds. The third kappa shape index (κ3) is 2.39. The molecule has 2 aromatic rings. The maximum atomic E-state index is 11.9. The largest absolute Gasteiger partial charge is 0.292 e. The van der Waals surface area contributed by atoms with Gasteiger partial charge in [-0.1, -0.05) is 34.1 Å². The van der Waals surface area contributed by atoms with Crippen molar-refractivity contribution in [2.75, 3.05) is 0 Å². The van der Waals surface area contributed by atoms with Crippen molar-refractivity contribution in [3.63, 3.8) is 0 Å². The topological polar surface area (TPSA) is 34.9 Å². The number of rotatable bonds is 3. The number of aryl methyl sites for hydroxylation is 1. The molecule has 0 aliphatic rings. The minimum absolute atomic E-state index is 0.0347.